The highest BCUT2D eigenvalue weighted by Gasteiger charge is 2.29. The van der Waals surface area contributed by atoms with Gasteiger partial charge in [-0.05, 0) is 41.3 Å². The van der Waals surface area contributed by atoms with Gasteiger partial charge in [0.05, 0.1) is 31.2 Å². The molecule has 0 N–H and O–H groups in total. The highest BCUT2D eigenvalue weighted by molar-refractivity contribution is 7.89. The third-order valence-corrected chi connectivity index (χ3v) is 8.75. The number of rotatable bonds is 11. The zero-order valence-electron chi connectivity index (χ0n) is 20.0. The summed E-state index contributed by atoms with van der Waals surface area (Å²) in [5.41, 5.74) is 0.962. The number of sulfonamides is 1. The monoisotopic (exact) mass is 531 g/mol. The number of amides is 1. The van der Waals surface area contributed by atoms with Gasteiger partial charge in [0.25, 0.3) is 0 Å². The number of carbonyl (C=O) groups is 1. The van der Waals surface area contributed by atoms with Crippen molar-refractivity contribution in [3.05, 3.63) is 88.4 Å². The van der Waals surface area contributed by atoms with E-state index < -0.39 is 15.8 Å². The van der Waals surface area contributed by atoms with Gasteiger partial charge in [0, 0.05) is 37.6 Å². The van der Waals surface area contributed by atoms with Gasteiger partial charge in [-0.15, -0.1) is 11.3 Å². The molecule has 0 bridgehead atoms. The van der Waals surface area contributed by atoms with Crippen LogP contribution in [0, 0.1) is 5.82 Å². The summed E-state index contributed by atoms with van der Waals surface area (Å²) in [6.45, 7) is 3.66. The molecule has 0 aliphatic carbocycles. The molecule has 1 fully saturated rings. The van der Waals surface area contributed by atoms with Gasteiger partial charge in [0.15, 0.2) is 0 Å². The lowest BCUT2D eigenvalue weighted by Crippen LogP contribution is -2.46. The topological polar surface area (TPSA) is 70.2 Å². The van der Waals surface area contributed by atoms with Crippen molar-refractivity contribution in [3.8, 4) is 0 Å². The van der Waals surface area contributed by atoms with Gasteiger partial charge >= 0.3 is 0 Å². The van der Waals surface area contributed by atoms with Gasteiger partial charge in [0.1, 0.15) is 5.82 Å². The van der Waals surface area contributed by atoms with Gasteiger partial charge in [-0.1, -0.05) is 36.4 Å². The fourth-order valence-corrected chi connectivity index (χ4v) is 6.10. The predicted octanol–water partition coefficient (Wildman–Crippen LogP) is 3.44. The number of thiophene rings is 1. The van der Waals surface area contributed by atoms with Crippen LogP contribution in [-0.2, 0) is 32.6 Å². The molecular weight excluding hydrogens is 501 g/mol. The number of nitrogens with zero attached hydrogens (tertiary/aromatic N) is 3. The number of hydrogen-bond acceptors (Lipinski definition) is 6. The first-order chi connectivity index (χ1) is 17.4. The highest BCUT2D eigenvalue weighted by Crippen LogP contribution is 2.19. The van der Waals surface area contributed by atoms with Crippen LogP contribution in [0.3, 0.4) is 0 Å². The standard InChI is InChI=1S/C26H30FN3O4S2/c27-23-8-10-25(11-9-23)36(32,33)30(13-12-28-14-16-34-17-15-28)21-26(31)29(20-24-7-4-18-35-24)19-22-5-2-1-3-6-22/h1-11,18H,12-17,19-21H2. The number of ether oxygens (including phenoxy) is 1. The summed E-state index contributed by atoms with van der Waals surface area (Å²) in [5.74, 6) is -0.810. The van der Waals surface area contributed by atoms with Crippen LogP contribution < -0.4 is 0 Å². The van der Waals surface area contributed by atoms with Crippen molar-refractivity contribution in [2.24, 2.45) is 0 Å². The van der Waals surface area contributed by atoms with Crippen molar-refractivity contribution in [2.75, 3.05) is 45.9 Å². The van der Waals surface area contributed by atoms with E-state index >= 15 is 0 Å². The molecule has 1 aliphatic rings. The van der Waals surface area contributed by atoms with Crippen LogP contribution in [0.2, 0.25) is 0 Å². The minimum Gasteiger partial charge on any atom is -0.379 e. The summed E-state index contributed by atoms with van der Waals surface area (Å²) in [6, 6.07) is 18.2. The van der Waals surface area contributed by atoms with E-state index in [1.54, 1.807) is 16.2 Å². The quantitative estimate of drug-likeness (QED) is 0.379. The largest absolute Gasteiger partial charge is 0.379 e. The van der Waals surface area contributed by atoms with Gasteiger partial charge in [-0.3, -0.25) is 9.69 Å². The molecule has 0 radical (unpaired) electrons. The summed E-state index contributed by atoms with van der Waals surface area (Å²) < 4.78 is 47.2. The molecule has 1 amide bonds. The van der Waals surface area contributed by atoms with Gasteiger partial charge in [-0.25, -0.2) is 12.8 Å². The molecule has 4 rings (SSSR count). The van der Waals surface area contributed by atoms with E-state index in [4.69, 9.17) is 4.74 Å². The average molecular weight is 532 g/mol. The predicted molar refractivity (Wildman–Crippen MR) is 137 cm³/mol. The Bertz CT molecular complexity index is 1200. The molecule has 3 aromatic rings. The molecule has 10 heteroatoms. The van der Waals surface area contributed by atoms with Crippen molar-refractivity contribution in [1.29, 1.82) is 0 Å². The minimum atomic E-state index is -4.02. The molecule has 2 heterocycles. The second kappa shape index (κ2) is 12.6. The maximum absolute atomic E-state index is 13.6. The Labute approximate surface area is 215 Å². The van der Waals surface area contributed by atoms with E-state index in [1.807, 2.05) is 47.8 Å². The van der Waals surface area contributed by atoms with Gasteiger partial charge in [0.2, 0.25) is 15.9 Å². The maximum atomic E-state index is 13.6. The molecule has 2 aromatic carbocycles. The van der Waals surface area contributed by atoms with Crippen molar-refractivity contribution < 1.29 is 22.3 Å². The number of hydrogen-bond donors (Lipinski definition) is 0. The van der Waals surface area contributed by atoms with Gasteiger partial charge < -0.3 is 9.64 Å². The number of carbonyl (C=O) groups excluding carboxylic acids is 1. The van der Waals surface area contributed by atoms with E-state index in [0.29, 0.717) is 45.9 Å². The third-order valence-electron chi connectivity index (χ3n) is 6.03. The second-order valence-corrected chi connectivity index (χ2v) is 11.5. The van der Waals surface area contributed by atoms with Crippen LogP contribution in [0.25, 0.3) is 0 Å². The number of halogens is 1. The van der Waals surface area contributed by atoms with Crippen LogP contribution in [0.4, 0.5) is 4.39 Å². The summed E-state index contributed by atoms with van der Waals surface area (Å²) in [6.07, 6.45) is 0. The Morgan fingerprint density at radius 1 is 0.972 bits per heavy atom. The molecule has 1 aromatic heterocycles. The van der Waals surface area contributed by atoms with Gasteiger partial charge in [-0.2, -0.15) is 4.31 Å². The van der Waals surface area contributed by atoms with E-state index in [-0.39, 0.29) is 23.9 Å². The molecule has 0 atom stereocenters. The smallest absolute Gasteiger partial charge is 0.243 e. The summed E-state index contributed by atoms with van der Waals surface area (Å²) in [4.78, 5) is 18.4. The SMILES string of the molecule is O=C(CN(CCN1CCOCC1)S(=O)(=O)c1ccc(F)cc1)N(Cc1ccccc1)Cc1cccs1. The maximum Gasteiger partial charge on any atom is 0.243 e. The van der Waals surface area contributed by atoms with Crippen LogP contribution >= 0.6 is 11.3 Å². The summed E-state index contributed by atoms with van der Waals surface area (Å²) in [5, 5.41) is 1.95. The molecule has 1 aliphatic heterocycles. The molecular formula is C26H30FN3O4S2. The van der Waals surface area contributed by atoms with Crippen LogP contribution in [0.15, 0.2) is 77.0 Å². The molecule has 0 saturated carbocycles. The normalized spacial score (nSPS) is 14.7. The Kier molecular flexibility index (Phi) is 9.22. The molecule has 7 nitrogen and oxygen atoms in total. The Hall–Kier alpha value is -2.63. The summed E-state index contributed by atoms with van der Waals surface area (Å²) >= 11 is 1.55. The lowest BCUT2D eigenvalue weighted by Gasteiger charge is -2.31. The van der Waals surface area contributed by atoms with E-state index in [2.05, 4.69) is 4.90 Å². The zero-order chi connectivity index (χ0) is 25.4. The first-order valence-electron chi connectivity index (χ1n) is 11.8. The highest BCUT2D eigenvalue weighted by atomic mass is 32.2. The third kappa shape index (κ3) is 7.21. The first-order valence-corrected chi connectivity index (χ1v) is 14.1. The van der Waals surface area contributed by atoms with Crippen molar-refractivity contribution in [2.45, 2.75) is 18.0 Å². The fourth-order valence-electron chi connectivity index (χ4n) is 4.00. The van der Waals surface area contributed by atoms with E-state index in [1.165, 1.54) is 16.4 Å². The number of morpholine rings is 1. The first kappa shape index (κ1) is 26.4. The fraction of sp³-hybridized carbons (Fsp3) is 0.346. The minimum absolute atomic E-state index is 0.0356. The summed E-state index contributed by atoms with van der Waals surface area (Å²) in [7, 11) is -4.02. The van der Waals surface area contributed by atoms with Crippen molar-refractivity contribution >= 4 is 27.3 Å². The molecule has 36 heavy (non-hydrogen) atoms. The van der Waals surface area contributed by atoms with Crippen LogP contribution in [-0.4, -0.2) is 74.4 Å². The Morgan fingerprint density at radius 3 is 2.36 bits per heavy atom. The number of benzene rings is 2. The Balaban J connectivity index is 1.56. The lowest BCUT2D eigenvalue weighted by atomic mass is 10.2. The van der Waals surface area contributed by atoms with E-state index in [9.17, 15) is 17.6 Å². The molecule has 192 valence electrons. The molecule has 1 saturated heterocycles. The molecule has 0 unspecified atom stereocenters. The Morgan fingerprint density at radius 2 is 1.69 bits per heavy atom. The van der Waals surface area contributed by atoms with Crippen LogP contribution in [0.1, 0.15) is 10.4 Å². The second-order valence-electron chi connectivity index (χ2n) is 8.56. The van der Waals surface area contributed by atoms with Crippen molar-refractivity contribution in [3.63, 3.8) is 0 Å². The van der Waals surface area contributed by atoms with Crippen LogP contribution in [0.5, 0.6) is 0 Å². The average Bonchev–Trinajstić information content (AvgIpc) is 3.40. The zero-order valence-corrected chi connectivity index (χ0v) is 21.6. The lowest BCUT2D eigenvalue weighted by molar-refractivity contribution is -0.132. The molecule has 0 spiro atoms. The van der Waals surface area contributed by atoms with Crippen molar-refractivity contribution in [1.82, 2.24) is 14.1 Å². The van der Waals surface area contributed by atoms with E-state index in [0.717, 1.165) is 22.6 Å².